The molecule has 1 fully saturated rings. The van der Waals surface area contributed by atoms with E-state index in [0.29, 0.717) is 18.5 Å². The molecule has 3 N–H and O–H groups in total. The third-order valence-corrected chi connectivity index (χ3v) is 4.62. The Kier molecular flexibility index (Phi) is 7.28. The molecule has 0 saturated heterocycles. The molecular formula is C19H28IN5. The number of anilines is 1. The van der Waals surface area contributed by atoms with Gasteiger partial charge in [0.15, 0.2) is 5.96 Å². The van der Waals surface area contributed by atoms with Crippen LogP contribution in [0.25, 0.3) is 10.9 Å². The number of aliphatic imine (C=N–C) groups is 1. The largest absolute Gasteiger partial charge is 0.370 e. The number of halogens is 1. The molecule has 0 bridgehead atoms. The minimum absolute atomic E-state index is 0. The van der Waals surface area contributed by atoms with Gasteiger partial charge in [0, 0.05) is 25.5 Å². The number of nitrogens with two attached hydrogens (primary N) is 1. The Bertz CT molecular complexity index is 723. The van der Waals surface area contributed by atoms with Crippen LogP contribution in [0.15, 0.2) is 35.3 Å². The van der Waals surface area contributed by atoms with Crippen LogP contribution < -0.4 is 16.0 Å². The highest BCUT2D eigenvalue weighted by molar-refractivity contribution is 14.0. The van der Waals surface area contributed by atoms with Gasteiger partial charge in [-0.3, -0.25) is 0 Å². The van der Waals surface area contributed by atoms with E-state index in [9.17, 15) is 0 Å². The van der Waals surface area contributed by atoms with E-state index in [0.717, 1.165) is 22.3 Å². The molecule has 0 spiro atoms. The van der Waals surface area contributed by atoms with Crippen molar-refractivity contribution in [2.24, 2.45) is 10.7 Å². The molecule has 25 heavy (non-hydrogen) atoms. The van der Waals surface area contributed by atoms with Crippen LogP contribution in [0.4, 0.5) is 5.82 Å². The summed E-state index contributed by atoms with van der Waals surface area (Å²) in [4.78, 5) is 11.3. The molecule has 1 aliphatic carbocycles. The van der Waals surface area contributed by atoms with Crippen LogP contribution in [0.2, 0.25) is 0 Å². The Morgan fingerprint density at radius 2 is 1.96 bits per heavy atom. The van der Waals surface area contributed by atoms with Crippen molar-refractivity contribution in [1.29, 1.82) is 0 Å². The lowest BCUT2D eigenvalue weighted by molar-refractivity contribution is 0.412. The Morgan fingerprint density at radius 3 is 2.68 bits per heavy atom. The van der Waals surface area contributed by atoms with Gasteiger partial charge in [-0.15, -0.1) is 24.0 Å². The molecule has 0 amide bonds. The summed E-state index contributed by atoms with van der Waals surface area (Å²) in [7, 11) is 4.01. The van der Waals surface area contributed by atoms with Crippen molar-refractivity contribution in [1.82, 2.24) is 10.3 Å². The molecule has 136 valence electrons. The van der Waals surface area contributed by atoms with Crippen LogP contribution in [0.3, 0.4) is 0 Å². The van der Waals surface area contributed by atoms with Gasteiger partial charge in [-0.25, -0.2) is 9.98 Å². The molecule has 1 heterocycles. The van der Waals surface area contributed by atoms with Crippen molar-refractivity contribution in [2.75, 3.05) is 19.0 Å². The fourth-order valence-corrected chi connectivity index (χ4v) is 3.26. The molecule has 0 atom stereocenters. The van der Waals surface area contributed by atoms with E-state index in [2.05, 4.69) is 27.4 Å². The molecule has 5 nitrogen and oxygen atoms in total. The second kappa shape index (κ2) is 9.22. The van der Waals surface area contributed by atoms with Gasteiger partial charge in [-0.1, -0.05) is 37.5 Å². The topological polar surface area (TPSA) is 66.5 Å². The molecule has 1 aromatic carbocycles. The van der Waals surface area contributed by atoms with Gasteiger partial charge >= 0.3 is 0 Å². The summed E-state index contributed by atoms with van der Waals surface area (Å²) in [5.41, 5.74) is 8.25. The van der Waals surface area contributed by atoms with Crippen molar-refractivity contribution < 1.29 is 0 Å². The maximum absolute atomic E-state index is 6.11. The van der Waals surface area contributed by atoms with E-state index in [1.54, 1.807) is 0 Å². The van der Waals surface area contributed by atoms with E-state index in [1.807, 2.05) is 37.2 Å². The van der Waals surface area contributed by atoms with Gasteiger partial charge in [0.05, 0.1) is 12.1 Å². The van der Waals surface area contributed by atoms with Crippen molar-refractivity contribution in [3.8, 4) is 0 Å². The van der Waals surface area contributed by atoms with Gasteiger partial charge in [0.25, 0.3) is 0 Å². The Hall–Kier alpha value is -1.57. The molecule has 0 unspecified atom stereocenters. The number of para-hydroxylation sites is 1. The maximum atomic E-state index is 6.11. The zero-order chi connectivity index (χ0) is 16.9. The Balaban J connectivity index is 0.00000225. The molecule has 0 aliphatic heterocycles. The summed E-state index contributed by atoms with van der Waals surface area (Å²) in [6, 6.07) is 10.8. The number of hydrogen-bond acceptors (Lipinski definition) is 3. The normalized spacial score (nSPS) is 15.7. The van der Waals surface area contributed by atoms with Crippen LogP contribution in [-0.4, -0.2) is 31.1 Å². The summed E-state index contributed by atoms with van der Waals surface area (Å²) in [6.45, 7) is 0.565. The van der Waals surface area contributed by atoms with Crippen molar-refractivity contribution in [3.05, 3.63) is 35.9 Å². The quantitative estimate of drug-likeness (QED) is 0.422. The number of rotatable bonds is 4. The minimum Gasteiger partial charge on any atom is -0.370 e. The lowest BCUT2D eigenvalue weighted by Gasteiger charge is -2.23. The highest BCUT2D eigenvalue weighted by Gasteiger charge is 2.13. The van der Waals surface area contributed by atoms with Gasteiger partial charge in [0.1, 0.15) is 5.82 Å². The van der Waals surface area contributed by atoms with Crippen molar-refractivity contribution in [2.45, 2.75) is 44.7 Å². The fraction of sp³-hybridized carbons (Fsp3) is 0.474. The van der Waals surface area contributed by atoms with E-state index < -0.39 is 0 Å². The molecule has 2 aromatic rings. The Morgan fingerprint density at radius 1 is 1.24 bits per heavy atom. The minimum atomic E-state index is 0. The lowest BCUT2D eigenvalue weighted by atomic mass is 9.96. The average molecular weight is 453 g/mol. The SMILES string of the molecule is CN(C)c1cc(CN=C(N)NC2CCCCC2)c2ccccc2n1.I. The van der Waals surface area contributed by atoms with Gasteiger partial charge in [0.2, 0.25) is 0 Å². The predicted molar refractivity (Wildman–Crippen MR) is 117 cm³/mol. The molecule has 6 heteroatoms. The zero-order valence-electron chi connectivity index (χ0n) is 15.0. The predicted octanol–water partition coefficient (Wildman–Crippen LogP) is 3.66. The number of benzene rings is 1. The third-order valence-electron chi connectivity index (χ3n) is 4.62. The van der Waals surface area contributed by atoms with Crippen LogP contribution in [0.5, 0.6) is 0 Å². The smallest absolute Gasteiger partial charge is 0.189 e. The van der Waals surface area contributed by atoms with Crippen LogP contribution in [0, 0.1) is 0 Å². The van der Waals surface area contributed by atoms with Crippen LogP contribution in [-0.2, 0) is 6.54 Å². The summed E-state index contributed by atoms with van der Waals surface area (Å²) in [5.74, 6) is 1.49. The average Bonchev–Trinajstić information content (AvgIpc) is 2.60. The molecule has 0 radical (unpaired) electrons. The summed E-state index contributed by atoms with van der Waals surface area (Å²) >= 11 is 0. The number of fused-ring (bicyclic) bond motifs is 1. The van der Waals surface area contributed by atoms with Gasteiger partial charge in [-0.2, -0.15) is 0 Å². The zero-order valence-corrected chi connectivity index (χ0v) is 17.4. The Labute approximate surface area is 167 Å². The second-order valence-corrected chi connectivity index (χ2v) is 6.73. The van der Waals surface area contributed by atoms with E-state index in [-0.39, 0.29) is 24.0 Å². The monoisotopic (exact) mass is 453 g/mol. The fourth-order valence-electron chi connectivity index (χ4n) is 3.26. The highest BCUT2D eigenvalue weighted by atomic mass is 127. The lowest BCUT2D eigenvalue weighted by Crippen LogP contribution is -2.41. The van der Waals surface area contributed by atoms with E-state index in [1.165, 1.54) is 32.1 Å². The standard InChI is InChI=1S/C19H27N5.HI/c1-24(2)18-12-14(16-10-6-7-11-17(16)23-18)13-21-19(20)22-15-8-4-3-5-9-15;/h6-7,10-12,15H,3-5,8-9,13H2,1-2H3,(H3,20,21,22);1H. The molecule has 1 saturated carbocycles. The first-order valence-corrected chi connectivity index (χ1v) is 8.76. The third kappa shape index (κ3) is 5.20. The number of guanidine groups is 1. The number of pyridine rings is 1. The van der Waals surface area contributed by atoms with Crippen LogP contribution in [0.1, 0.15) is 37.7 Å². The summed E-state index contributed by atoms with van der Waals surface area (Å²) in [6.07, 6.45) is 6.29. The van der Waals surface area contributed by atoms with Gasteiger partial charge < -0.3 is 16.0 Å². The van der Waals surface area contributed by atoms with E-state index >= 15 is 0 Å². The second-order valence-electron chi connectivity index (χ2n) is 6.73. The number of aromatic nitrogens is 1. The number of hydrogen-bond donors (Lipinski definition) is 2. The molecule has 1 aliphatic rings. The van der Waals surface area contributed by atoms with Crippen LogP contribution >= 0.6 is 24.0 Å². The van der Waals surface area contributed by atoms with Crippen molar-refractivity contribution in [3.63, 3.8) is 0 Å². The first-order valence-electron chi connectivity index (χ1n) is 8.76. The van der Waals surface area contributed by atoms with E-state index in [4.69, 9.17) is 5.73 Å². The summed E-state index contributed by atoms with van der Waals surface area (Å²) in [5, 5.41) is 4.51. The number of nitrogens with zero attached hydrogens (tertiary/aromatic N) is 3. The first-order chi connectivity index (χ1) is 11.6. The van der Waals surface area contributed by atoms with Gasteiger partial charge in [-0.05, 0) is 30.5 Å². The summed E-state index contributed by atoms with van der Waals surface area (Å²) < 4.78 is 0. The highest BCUT2D eigenvalue weighted by Crippen LogP contribution is 2.23. The number of nitrogens with one attached hydrogen (secondary N) is 1. The molecule has 1 aromatic heterocycles. The van der Waals surface area contributed by atoms with Crippen molar-refractivity contribution >= 4 is 46.7 Å². The molecular weight excluding hydrogens is 425 g/mol. The first kappa shape index (κ1) is 19.8. The maximum Gasteiger partial charge on any atom is 0.189 e. The molecule has 3 rings (SSSR count).